The summed E-state index contributed by atoms with van der Waals surface area (Å²) in [5.74, 6) is 0.816. The van der Waals surface area contributed by atoms with Crippen molar-refractivity contribution in [2.75, 3.05) is 13.7 Å². The maximum atomic E-state index is 6.31. The van der Waals surface area contributed by atoms with E-state index in [1.54, 1.807) is 7.11 Å². The molecule has 0 radical (unpaired) electrons. The summed E-state index contributed by atoms with van der Waals surface area (Å²) in [6.45, 7) is 1.75. The predicted molar refractivity (Wildman–Crippen MR) is 79.3 cm³/mol. The summed E-state index contributed by atoms with van der Waals surface area (Å²) >= 11 is 6.31. The summed E-state index contributed by atoms with van der Waals surface area (Å²) in [5, 5.41) is 4.23. The van der Waals surface area contributed by atoms with E-state index in [-0.39, 0.29) is 0 Å². The van der Waals surface area contributed by atoms with Crippen LogP contribution in [0.5, 0.6) is 5.75 Å². The van der Waals surface area contributed by atoms with Gasteiger partial charge in [0.05, 0.1) is 25.7 Å². The fourth-order valence-corrected chi connectivity index (χ4v) is 2.97. The lowest BCUT2D eigenvalue weighted by Gasteiger charge is -2.16. The topological polar surface area (TPSA) is 39.1 Å². The van der Waals surface area contributed by atoms with Crippen molar-refractivity contribution < 1.29 is 4.74 Å². The molecule has 0 amide bonds. The van der Waals surface area contributed by atoms with E-state index in [0.717, 1.165) is 29.3 Å². The van der Waals surface area contributed by atoms with Gasteiger partial charge in [0.25, 0.3) is 0 Å². The molecule has 3 rings (SSSR count). The Morgan fingerprint density at radius 1 is 1.50 bits per heavy atom. The van der Waals surface area contributed by atoms with Crippen LogP contribution in [-0.2, 0) is 6.54 Å². The number of imidazole rings is 1. The van der Waals surface area contributed by atoms with Gasteiger partial charge in [-0.3, -0.25) is 0 Å². The van der Waals surface area contributed by atoms with E-state index in [4.69, 9.17) is 16.3 Å². The van der Waals surface area contributed by atoms with Gasteiger partial charge in [0.1, 0.15) is 5.75 Å². The van der Waals surface area contributed by atoms with E-state index in [2.05, 4.69) is 14.9 Å². The van der Waals surface area contributed by atoms with Gasteiger partial charge in [0, 0.05) is 22.8 Å². The largest absolute Gasteiger partial charge is 0.496 e. The highest BCUT2D eigenvalue weighted by Crippen LogP contribution is 2.29. The fourth-order valence-electron chi connectivity index (χ4n) is 2.74. The Bertz CT molecular complexity index is 591. The lowest BCUT2D eigenvalue weighted by Crippen LogP contribution is -2.17. The highest BCUT2D eigenvalue weighted by molar-refractivity contribution is 6.31. The second-order valence-corrected chi connectivity index (χ2v) is 5.42. The third-order valence-corrected chi connectivity index (χ3v) is 4.14. The average Bonchev–Trinajstić information content (AvgIpc) is 3.11. The number of nitrogens with zero attached hydrogens (tertiary/aromatic N) is 2. The Morgan fingerprint density at radius 2 is 2.40 bits per heavy atom. The van der Waals surface area contributed by atoms with Crippen molar-refractivity contribution in [3.05, 3.63) is 47.0 Å². The Morgan fingerprint density at radius 3 is 3.15 bits per heavy atom. The molecule has 1 aromatic heterocycles. The molecule has 1 N–H and O–H groups in total. The zero-order valence-electron chi connectivity index (χ0n) is 11.5. The molecule has 1 aromatic carbocycles. The Balaban J connectivity index is 1.90. The molecule has 2 heterocycles. The lowest BCUT2D eigenvalue weighted by molar-refractivity contribution is 0.408. The fraction of sp³-hybridized carbons (Fsp3) is 0.400. The Kier molecular flexibility index (Phi) is 3.94. The van der Waals surface area contributed by atoms with Crippen LogP contribution in [-0.4, -0.2) is 23.2 Å². The molecule has 1 atom stereocenters. The van der Waals surface area contributed by atoms with Gasteiger partial charge in [-0.05, 0) is 31.5 Å². The summed E-state index contributed by atoms with van der Waals surface area (Å²) < 4.78 is 7.55. The highest BCUT2D eigenvalue weighted by atomic mass is 35.5. The maximum Gasteiger partial charge on any atom is 0.125 e. The normalized spacial score (nSPS) is 18.4. The minimum absolute atomic E-state index is 0.394. The van der Waals surface area contributed by atoms with Gasteiger partial charge < -0.3 is 14.6 Å². The zero-order chi connectivity index (χ0) is 13.9. The molecule has 1 fully saturated rings. The Hall–Kier alpha value is -1.52. The van der Waals surface area contributed by atoms with Gasteiger partial charge in [-0.2, -0.15) is 0 Å². The Labute approximate surface area is 123 Å². The molecule has 106 valence electrons. The molecule has 0 bridgehead atoms. The summed E-state index contributed by atoms with van der Waals surface area (Å²) in [6.07, 6.45) is 6.17. The number of rotatable bonds is 4. The third-order valence-electron chi connectivity index (χ3n) is 3.79. The van der Waals surface area contributed by atoms with Gasteiger partial charge in [0.2, 0.25) is 0 Å². The van der Waals surface area contributed by atoms with E-state index < -0.39 is 0 Å². The molecular weight excluding hydrogens is 274 g/mol. The number of hydrogen-bond donors (Lipinski definition) is 1. The SMILES string of the molecule is COc1cccc(Cl)c1Cn1cncc1[C@@H]1CCCN1. The molecule has 2 aromatic rings. The number of nitrogens with one attached hydrogen (secondary N) is 1. The number of aromatic nitrogens is 2. The first-order valence-electron chi connectivity index (χ1n) is 6.84. The van der Waals surface area contributed by atoms with Crippen molar-refractivity contribution in [3.8, 4) is 5.75 Å². The first-order chi connectivity index (χ1) is 9.79. The van der Waals surface area contributed by atoms with E-state index in [0.29, 0.717) is 12.6 Å². The van der Waals surface area contributed by atoms with Crippen LogP contribution in [0.3, 0.4) is 0 Å². The average molecular weight is 292 g/mol. The van der Waals surface area contributed by atoms with Gasteiger partial charge >= 0.3 is 0 Å². The number of methoxy groups -OCH3 is 1. The molecule has 5 heteroatoms. The molecule has 1 aliphatic heterocycles. The number of ether oxygens (including phenoxy) is 1. The quantitative estimate of drug-likeness (QED) is 0.941. The standard InChI is InChI=1S/C15H18ClN3O/c1-20-15-6-2-4-12(16)11(15)9-19-10-17-8-14(19)13-5-3-7-18-13/h2,4,6,8,10,13,18H,3,5,7,9H2,1H3/t13-/m0/s1. The molecule has 0 aliphatic carbocycles. The summed E-state index contributed by atoms with van der Waals surface area (Å²) in [6, 6.07) is 6.12. The summed E-state index contributed by atoms with van der Waals surface area (Å²) in [7, 11) is 1.67. The molecule has 4 nitrogen and oxygen atoms in total. The van der Waals surface area contributed by atoms with Crippen LogP contribution in [0.1, 0.15) is 30.1 Å². The smallest absolute Gasteiger partial charge is 0.125 e. The predicted octanol–water partition coefficient (Wildman–Crippen LogP) is 3.02. The second kappa shape index (κ2) is 5.85. The van der Waals surface area contributed by atoms with Gasteiger partial charge in [-0.1, -0.05) is 17.7 Å². The van der Waals surface area contributed by atoms with Crippen LogP contribution < -0.4 is 10.1 Å². The highest BCUT2D eigenvalue weighted by Gasteiger charge is 2.20. The molecule has 0 unspecified atom stereocenters. The van der Waals surface area contributed by atoms with Crippen molar-refractivity contribution in [1.29, 1.82) is 0 Å². The molecule has 20 heavy (non-hydrogen) atoms. The molecule has 0 saturated carbocycles. The minimum atomic E-state index is 0.394. The van der Waals surface area contributed by atoms with Crippen LogP contribution in [0.25, 0.3) is 0 Å². The van der Waals surface area contributed by atoms with Crippen LogP contribution >= 0.6 is 11.6 Å². The van der Waals surface area contributed by atoms with Crippen molar-refractivity contribution in [2.24, 2.45) is 0 Å². The number of halogens is 1. The van der Waals surface area contributed by atoms with E-state index in [1.807, 2.05) is 30.7 Å². The third kappa shape index (κ3) is 2.53. The van der Waals surface area contributed by atoms with E-state index in [9.17, 15) is 0 Å². The van der Waals surface area contributed by atoms with Gasteiger partial charge in [0.15, 0.2) is 0 Å². The summed E-state index contributed by atoms with van der Waals surface area (Å²) in [5.41, 5.74) is 2.21. The van der Waals surface area contributed by atoms with Crippen molar-refractivity contribution >= 4 is 11.6 Å². The minimum Gasteiger partial charge on any atom is -0.496 e. The van der Waals surface area contributed by atoms with Crippen molar-refractivity contribution in [3.63, 3.8) is 0 Å². The van der Waals surface area contributed by atoms with Crippen molar-refractivity contribution in [2.45, 2.75) is 25.4 Å². The maximum absolute atomic E-state index is 6.31. The monoisotopic (exact) mass is 291 g/mol. The first-order valence-corrected chi connectivity index (χ1v) is 7.22. The summed E-state index contributed by atoms with van der Waals surface area (Å²) in [4.78, 5) is 4.29. The number of hydrogen-bond acceptors (Lipinski definition) is 3. The first kappa shape index (κ1) is 13.5. The molecule has 1 aliphatic rings. The van der Waals surface area contributed by atoms with E-state index >= 15 is 0 Å². The van der Waals surface area contributed by atoms with Gasteiger partial charge in [-0.25, -0.2) is 4.98 Å². The number of benzene rings is 1. The second-order valence-electron chi connectivity index (χ2n) is 5.02. The van der Waals surface area contributed by atoms with Crippen LogP contribution in [0.2, 0.25) is 5.02 Å². The van der Waals surface area contributed by atoms with Crippen LogP contribution in [0, 0.1) is 0 Å². The molecule has 1 saturated heterocycles. The van der Waals surface area contributed by atoms with Gasteiger partial charge in [-0.15, -0.1) is 0 Å². The molecular formula is C15H18ClN3O. The van der Waals surface area contributed by atoms with E-state index in [1.165, 1.54) is 12.1 Å². The molecule has 0 spiro atoms. The zero-order valence-corrected chi connectivity index (χ0v) is 12.2. The van der Waals surface area contributed by atoms with Crippen LogP contribution in [0.15, 0.2) is 30.7 Å². The van der Waals surface area contributed by atoms with Crippen molar-refractivity contribution in [1.82, 2.24) is 14.9 Å². The van der Waals surface area contributed by atoms with Crippen LogP contribution in [0.4, 0.5) is 0 Å². The lowest BCUT2D eigenvalue weighted by atomic mass is 10.1.